The van der Waals surface area contributed by atoms with Gasteiger partial charge in [0.15, 0.2) is 0 Å². The number of hydrogen-bond donors (Lipinski definition) is 0. The summed E-state index contributed by atoms with van der Waals surface area (Å²) >= 11 is 3.67. The third-order valence-corrected chi connectivity index (χ3v) is 3.60. The Labute approximate surface area is 107 Å². The second-order valence-electron chi connectivity index (χ2n) is 3.77. The third-order valence-electron chi connectivity index (χ3n) is 2.61. The Morgan fingerprint density at radius 3 is 2.71 bits per heavy atom. The van der Waals surface area contributed by atoms with Crippen LogP contribution in [-0.4, -0.2) is 14.4 Å². The van der Waals surface area contributed by atoms with Gasteiger partial charge in [-0.25, -0.2) is 9.97 Å². The minimum absolute atomic E-state index is 0.102. The van der Waals surface area contributed by atoms with Crippen LogP contribution in [0.25, 0.3) is 5.78 Å². The van der Waals surface area contributed by atoms with E-state index in [4.69, 9.17) is 0 Å². The molecule has 2 heterocycles. The van der Waals surface area contributed by atoms with Crippen molar-refractivity contribution in [1.82, 2.24) is 14.4 Å². The molecule has 0 fully saturated rings. The summed E-state index contributed by atoms with van der Waals surface area (Å²) in [5.74, 6) is 0.725. The smallest absolute Gasteiger partial charge is 0.233 e. The van der Waals surface area contributed by atoms with Gasteiger partial charge in [-0.1, -0.05) is 46.3 Å². The summed E-state index contributed by atoms with van der Waals surface area (Å²) in [6.07, 6.45) is 5.69. The Hall–Kier alpha value is -1.68. The number of hydrogen-bond acceptors (Lipinski definition) is 2. The van der Waals surface area contributed by atoms with Crippen LogP contribution in [0, 0.1) is 0 Å². The molecule has 0 bridgehead atoms. The van der Waals surface area contributed by atoms with Crippen molar-refractivity contribution in [1.29, 1.82) is 0 Å². The second kappa shape index (κ2) is 4.30. The predicted molar refractivity (Wildman–Crippen MR) is 70.2 cm³/mol. The standard InChI is InChI=1S/C13H10BrN3/c14-12(10-5-2-1-3-6-10)11-9-17-8-4-7-15-13(17)16-11/h1-9,12H/t12-/m1/s1. The molecule has 3 aromatic rings. The lowest BCUT2D eigenvalue weighted by atomic mass is 10.1. The maximum Gasteiger partial charge on any atom is 0.233 e. The monoisotopic (exact) mass is 287 g/mol. The number of nitrogens with zero attached hydrogens (tertiary/aromatic N) is 3. The van der Waals surface area contributed by atoms with Crippen LogP contribution < -0.4 is 0 Å². The van der Waals surface area contributed by atoms with Crippen LogP contribution in [0.15, 0.2) is 55.0 Å². The molecule has 0 aliphatic rings. The molecule has 3 rings (SSSR count). The first-order chi connectivity index (χ1) is 8.34. The highest BCUT2D eigenvalue weighted by Crippen LogP contribution is 2.29. The second-order valence-corrected chi connectivity index (χ2v) is 4.68. The first-order valence-corrected chi connectivity index (χ1v) is 6.25. The van der Waals surface area contributed by atoms with E-state index in [1.807, 2.05) is 41.1 Å². The molecular weight excluding hydrogens is 278 g/mol. The third kappa shape index (κ3) is 1.96. The van der Waals surface area contributed by atoms with Gasteiger partial charge in [0.2, 0.25) is 5.78 Å². The minimum Gasteiger partial charge on any atom is -0.291 e. The number of aromatic nitrogens is 3. The number of imidazole rings is 1. The zero-order valence-electron chi connectivity index (χ0n) is 8.99. The highest BCUT2D eigenvalue weighted by Gasteiger charge is 2.13. The Kier molecular flexibility index (Phi) is 2.65. The fourth-order valence-electron chi connectivity index (χ4n) is 1.76. The average Bonchev–Trinajstić information content (AvgIpc) is 2.82. The molecule has 0 aliphatic heterocycles. The average molecular weight is 288 g/mol. The molecule has 0 saturated carbocycles. The maximum atomic E-state index is 4.49. The van der Waals surface area contributed by atoms with E-state index in [1.165, 1.54) is 5.56 Å². The van der Waals surface area contributed by atoms with Crippen molar-refractivity contribution < 1.29 is 0 Å². The Bertz CT molecular complexity index is 600. The number of fused-ring (bicyclic) bond motifs is 1. The van der Waals surface area contributed by atoms with Gasteiger partial charge in [0, 0.05) is 18.6 Å². The first-order valence-electron chi connectivity index (χ1n) is 5.33. The van der Waals surface area contributed by atoms with Crippen LogP contribution >= 0.6 is 15.9 Å². The van der Waals surface area contributed by atoms with Gasteiger partial charge < -0.3 is 0 Å². The van der Waals surface area contributed by atoms with Crippen LogP contribution in [0.4, 0.5) is 0 Å². The van der Waals surface area contributed by atoms with Crippen molar-refractivity contribution in [3.8, 4) is 0 Å². The summed E-state index contributed by atoms with van der Waals surface area (Å²) in [4.78, 5) is 8.81. The van der Waals surface area contributed by atoms with Crippen LogP contribution in [0.5, 0.6) is 0 Å². The molecule has 0 saturated heterocycles. The molecule has 3 nitrogen and oxygen atoms in total. The number of benzene rings is 1. The summed E-state index contributed by atoms with van der Waals surface area (Å²) in [7, 11) is 0. The number of alkyl halides is 1. The largest absolute Gasteiger partial charge is 0.291 e. The first kappa shape index (κ1) is 10.5. The van der Waals surface area contributed by atoms with Gasteiger partial charge in [-0.3, -0.25) is 4.40 Å². The highest BCUT2D eigenvalue weighted by atomic mass is 79.9. The minimum atomic E-state index is 0.102. The fraction of sp³-hybridized carbons (Fsp3) is 0.0769. The SMILES string of the molecule is Br[C@H](c1ccccc1)c1cn2cccnc2n1. The quantitative estimate of drug-likeness (QED) is 0.678. The van der Waals surface area contributed by atoms with Crippen molar-refractivity contribution in [2.75, 3.05) is 0 Å². The van der Waals surface area contributed by atoms with E-state index in [9.17, 15) is 0 Å². The molecule has 0 unspecified atom stereocenters. The zero-order chi connectivity index (χ0) is 11.7. The van der Waals surface area contributed by atoms with E-state index in [1.54, 1.807) is 6.20 Å². The summed E-state index contributed by atoms with van der Waals surface area (Å²) in [6.45, 7) is 0. The van der Waals surface area contributed by atoms with E-state index in [0.717, 1.165) is 11.5 Å². The van der Waals surface area contributed by atoms with Gasteiger partial charge in [-0.2, -0.15) is 0 Å². The summed E-state index contributed by atoms with van der Waals surface area (Å²) in [5, 5.41) is 0. The molecule has 0 radical (unpaired) electrons. The van der Waals surface area contributed by atoms with Gasteiger partial charge >= 0.3 is 0 Å². The summed E-state index contributed by atoms with van der Waals surface area (Å²) in [5.41, 5.74) is 2.16. The molecule has 84 valence electrons. The molecule has 1 aromatic carbocycles. The van der Waals surface area contributed by atoms with Crippen molar-refractivity contribution in [2.45, 2.75) is 4.83 Å². The molecule has 0 aliphatic carbocycles. The normalized spacial score (nSPS) is 12.8. The number of halogens is 1. The molecule has 0 spiro atoms. The lowest BCUT2D eigenvalue weighted by molar-refractivity contribution is 1.10. The zero-order valence-corrected chi connectivity index (χ0v) is 10.6. The molecule has 0 N–H and O–H groups in total. The van der Waals surface area contributed by atoms with Gasteiger partial charge in [-0.05, 0) is 11.6 Å². The predicted octanol–water partition coefficient (Wildman–Crippen LogP) is 3.21. The van der Waals surface area contributed by atoms with E-state index in [-0.39, 0.29) is 4.83 Å². The van der Waals surface area contributed by atoms with E-state index >= 15 is 0 Å². The molecule has 4 heteroatoms. The molecule has 0 amide bonds. The lowest BCUT2D eigenvalue weighted by Gasteiger charge is -2.05. The Morgan fingerprint density at radius 2 is 1.94 bits per heavy atom. The van der Waals surface area contributed by atoms with Gasteiger partial charge in [0.1, 0.15) is 0 Å². The number of rotatable bonds is 2. The van der Waals surface area contributed by atoms with E-state index < -0.39 is 0 Å². The lowest BCUT2D eigenvalue weighted by Crippen LogP contribution is -1.92. The topological polar surface area (TPSA) is 30.2 Å². The van der Waals surface area contributed by atoms with Crippen molar-refractivity contribution in [3.63, 3.8) is 0 Å². The summed E-state index contributed by atoms with van der Waals surface area (Å²) < 4.78 is 1.92. The van der Waals surface area contributed by atoms with Crippen LogP contribution in [0.3, 0.4) is 0 Å². The van der Waals surface area contributed by atoms with E-state index in [2.05, 4.69) is 38.0 Å². The van der Waals surface area contributed by atoms with Crippen molar-refractivity contribution in [3.05, 3.63) is 66.2 Å². The molecule has 17 heavy (non-hydrogen) atoms. The highest BCUT2D eigenvalue weighted by molar-refractivity contribution is 9.09. The Morgan fingerprint density at radius 1 is 1.12 bits per heavy atom. The van der Waals surface area contributed by atoms with Crippen LogP contribution in [0.1, 0.15) is 16.1 Å². The van der Waals surface area contributed by atoms with Crippen molar-refractivity contribution in [2.24, 2.45) is 0 Å². The van der Waals surface area contributed by atoms with Gasteiger partial charge in [0.05, 0.1) is 10.5 Å². The summed E-state index contributed by atoms with van der Waals surface area (Å²) in [6, 6.07) is 12.1. The van der Waals surface area contributed by atoms with Crippen LogP contribution in [-0.2, 0) is 0 Å². The van der Waals surface area contributed by atoms with Gasteiger partial charge in [-0.15, -0.1) is 0 Å². The molecule has 1 atom stereocenters. The maximum absolute atomic E-state index is 4.49. The van der Waals surface area contributed by atoms with Crippen LogP contribution in [0.2, 0.25) is 0 Å². The van der Waals surface area contributed by atoms with E-state index in [0.29, 0.717) is 0 Å². The fourth-order valence-corrected chi connectivity index (χ4v) is 2.29. The molecule has 2 aromatic heterocycles. The van der Waals surface area contributed by atoms with Gasteiger partial charge in [0.25, 0.3) is 0 Å². The van der Waals surface area contributed by atoms with Crippen molar-refractivity contribution >= 4 is 21.7 Å². The molecular formula is C13H10BrN3. The Balaban J connectivity index is 2.04.